The van der Waals surface area contributed by atoms with Crippen LogP contribution < -0.4 is 16.0 Å². The number of thioether (sulfide) groups is 1. The third-order valence-corrected chi connectivity index (χ3v) is 9.53. The van der Waals surface area contributed by atoms with E-state index >= 15 is 0 Å². The monoisotopic (exact) mass is 669 g/mol. The molecule has 0 fully saturated rings. The van der Waals surface area contributed by atoms with E-state index in [9.17, 15) is 24.4 Å². The maximum atomic E-state index is 13.4. The zero-order valence-corrected chi connectivity index (χ0v) is 27.0. The van der Waals surface area contributed by atoms with Crippen molar-refractivity contribution in [2.75, 3.05) is 22.9 Å². The quantitative estimate of drug-likeness (QED) is 0.141. The van der Waals surface area contributed by atoms with E-state index in [1.165, 1.54) is 36.1 Å². The maximum absolute atomic E-state index is 13.4. The number of nitriles is 1. The summed E-state index contributed by atoms with van der Waals surface area (Å²) >= 11 is 8.92. The molecule has 46 heavy (non-hydrogen) atoms. The molecule has 0 unspecified atom stereocenters. The van der Waals surface area contributed by atoms with Crippen molar-refractivity contribution >= 4 is 75.1 Å². The molecule has 232 valence electrons. The van der Waals surface area contributed by atoms with Gasteiger partial charge in [0.1, 0.15) is 16.8 Å². The summed E-state index contributed by atoms with van der Waals surface area (Å²) in [4.78, 5) is 54.4. The summed E-state index contributed by atoms with van der Waals surface area (Å²) in [6, 6.07) is 24.7. The zero-order chi connectivity index (χ0) is 32.6. The van der Waals surface area contributed by atoms with Crippen LogP contribution in [0.3, 0.4) is 0 Å². The largest absolute Gasteiger partial charge is 0.337 e. The fourth-order valence-electron chi connectivity index (χ4n) is 4.74. The van der Waals surface area contributed by atoms with Crippen LogP contribution >= 0.6 is 34.7 Å². The molecule has 1 aromatic heterocycles. The predicted molar refractivity (Wildman–Crippen MR) is 182 cm³/mol. The van der Waals surface area contributed by atoms with E-state index in [1.54, 1.807) is 77.7 Å². The molecule has 9 nitrogen and oxygen atoms in total. The van der Waals surface area contributed by atoms with Gasteiger partial charge in [0.05, 0.1) is 17.9 Å². The van der Waals surface area contributed by atoms with Crippen LogP contribution in [0.5, 0.6) is 0 Å². The number of amides is 4. The fourth-order valence-corrected chi connectivity index (χ4v) is 6.92. The van der Waals surface area contributed by atoms with E-state index in [4.69, 9.17) is 11.6 Å². The van der Waals surface area contributed by atoms with Gasteiger partial charge in [-0.05, 0) is 60.0 Å². The van der Waals surface area contributed by atoms with Crippen LogP contribution in [0.15, 0.2) is 89.5 Å². The lowest BCUT2D eigenvalue weighted by molar-refractivity contribution is -0.129. The third kappa shape index (κ3) is 8.03. The van der Waals surface area contributed by atoms with Crippen LogP contribution in [0.4, 0.5) is 10.7 Å². The van der Waals surface area contributed by atoms with Crippen LogP contribution in [-0.2, 0) is 27.3 Å². The first-order valence-corrected chi connectivity index (χ1v) is 16.4. The highest BCUT2D eigenvalue weighted by atomic mass is 35.5. The van der Waals surface area contributed by atoms with Gasteiger partial charge in [0.25, 0.3) is 11.8 Å². The second-order valence-corrected chi connectivity index (χ2v) is 12.8. The summed E-state index contributed by atoms with van der Waals surface area (Å²) < 4.78 is 0. The van der Waals surface area contributed by atoms with Gasteiger partial charge in [-0.15, -0.1) is 23.1 Å². The first-order valence-electron chi connectivity index (χ1n) is 14.2. The van der Waals surface area contributed by atoms with Crippen LogP contribution in [0.2, 0.25) is 5.02 Å². The van der Waals surface area contributed by atoms with Gasteiger partial charge in [-0.3, -0.25) is 19.2 Å². The van der Waals surface area contributed by atoms with Crippen molar-refractivity contribution in [2.45, 2.75) is 24.8 Å². The van der Waals surface area contributed by atoms with Gasteiger partial charge in [0, 0.05) is 39.5 Å². The number of nitrogens with zero attached hydrogens (tertiary/aromatic N) is 2. The van der Waals surface area contributed by atoms with Crippen molar-refractivity contribution in [2.24, 2.45) is 0 Å². The fraction of sp³-hybridized carbons (Fsp3) is 0.147. The Morgan fingerprint density at radius 1 is 1.02 bits per heavy atom. The van der Waals surface area contributed by atoms with Crippen molar-refractivity contribution in [3.63, 3.8) is 0 Å². The summed E-state index contributed by atoms with van der Waals surface area (Å²) in [5.41, 5.74) is 2.74. The van der Waals surface area contributed by atoms with Gasteiger partial charge in [-0.25, -0.2) is 0 Å². The topological polar surface area (TPSA) is 131 Å². The highest BCUT2D eigenvalue weighted by molar-refractivity contribution is 8.00. The van der Waals surface area contributed by atoms with Gasteiger partial charge in [-0.1, -0.05) is 54.1 Å². The first kappa shape index (κ1) is 32.5. The molecular weight excluding hydrogens is 642 g/mol. The Kier molecular flexibility index (Phi) is 10.5. The van der Waals surface area contributed by atoms with Gasteiger partial charge >= 0.3 is 0 Å². The number of carbonyl (C=O) groups excluding carboxylic acids is 4. The highest BCUT2D eigenvalue weighted by Crippen LogP contribution is 2.37. The van der Waals surface area contributed by atoms with E-state index in [-0.39, 0.29) is 23.3 Å². The minimum atomic E-state index is -0.557. The zero-order valence-electron chi connectivity index (χ0n) is 24.6. The van der Waals surface area contributed by atoms with Crippen molar-refractivity contribution in [1.82, 2.24) is 10.2 Å². The molecule has 4 aromatic rings. The molecule has 0 atom stereocenters. The molecule has 3 aromatic carbocycles. The number of nitrogens with one attached hydrogen (secondary N) is 3. The van der Waals surface area contributed by atoms with E-state index < -0.39 is 11.8 Å². The lowest BCUT2D eigenvalue weighted by atomic mass is 10.0. The summed E-state index contributed by atoms with van der Waals surface area (Å²) in [5.74, 6) is -1.26. The lowest BCUT2D eigenvalue weighted by Gasteiger charge is -2.25. The second-order valence-electron chi connectivity index (χ2n) is 10.2. The first-order chi connectivity index (χ1) is 22.2. The van der Waals surface area contributed by atoms with E-state index in [0.717, 1.165) is 15.3 Å². The van der Waals surface area contributed by atoms with Crippen LogP contribution in [0.25, 0.3) is 6.08 Å². The molecule has 0 radical (unpaired) electrons. The summed E-state index contributed by atoms with van der Waals surface area (Å²) in [7, 11) is 0. The minimum absolute atomic E-state index is 0.00208. The molecule has 3 N–H and O–H groups in total. The lowest BCUT2D eigenvalue weighted by Crippen LogP contribution is -2.33. The van der Waals surface area contributed by atoms with E-state index in [1.807, 2.05) is 6.07 Å². The Balaban J connectivity index is 1.25. The number of anilines is 2. The number of benzene rings is 3. The van der Waals surface area contributed by atoms with Gasteiger partial charge in [0.15, 0.2) is 0 Å². The second kappa shape index (κ2) is 14.9. The third-order valence-electron chi connectivity index (χ3n) is 7.06. The van der Waals surface area contributed by atoms with Crippen LogP contribution in [0.1, 0.15) is 38.8 Å². The molecule has 12 heteroatoms. The number of thiophene rings is 1. The summed E-state index contributed by atoms with van der Waals surface area (Å²) in [6.07, 6.45) is 2.08. The molecule has 4 amide bonds. The van der Waals surface area contributed by atoms with Gasteiger partial charge < -0.3 is 20.9 Å². The molecule has 0 saturated heterocycles. The highest BCUT2D eigenvalue weighted by Gasteiger charge is 2.26. The predicted octanol–water partition coefficient (Wildman–Crippen LogP) is 6.32. The Morgan fingerprint density at radius 2 is 1.78 bits per heavy atom. The summed E-state index contributed by atoms with van der Waals surface area (Å²) in [5, 5.41) is 19.0. The molecule has 2 heterocycles. The smallest absolute Gasteiger partial charge is 0.272 e. The summed E-state index contributed by atoms with van der Waals surface area (Å²) in [6.45, 7) is 2.49. The maximum Gasteiger partial charge on any atom is 0.272 e. The Labute approximate surface area is 279 Å². The molecule has 1 aliphatic heterocycles. The van der Waals surface area contributed by atoms with E-state index in [2.05, 4.69) is 22.0 Å². The number of hydrogen-bond acceptors (Lipinski definition) is 7. The van der Waals surface area contributed by atoms with Crippen LogP contribution in [0, 0.1) is 11.3 Å². The van der Waals surface area contributed by atoms with E-state index in [0.29, 0.717) is 51.9 Å². The molecule has 5 rings (SSSR count). The molecule has 0 aliphatic carbocycles. The van der Waals surface area contributed by atoms with Gasteiger partial charge in [0.2, 0.25) is 11.8 Å². The minimum Gasteiger partial charge on any atom is -0.337 e. The SMILES string of the molecule is CC(=O)N1CCc2c(sc(NC(=O)CSc3cccc(NC(=O)/C(=C\c4ccccc4Cl)NC(=O)c4ccccc4)c3)c2C#N)C1. The average molecular weight is 670 g/mol. The average Bonchev–Trinajstić information content (AvgIpc) is 3.40. The number of fused-ring (bicyclic) bond motifs is 1. The molecule has 0 saturated carbocycles. The number of halogens is 1. The standard InChI is InChI=1S/C34H28ClN5O4S2/c1-21(41)40-15-14-26-27(18-36)34(46-30(26)19-40)39-31(42)20-45-25-12-7-11-24(17-25)37-33(44)29(16-23-10-5-6-13-28(23)35)38-32(43)22-8-3-2-4-9-22/h2-13,16-17H,14-15,19-20H2,1H3,(H,37,44)(H,38,43)(H,39,42)/b29-16+. The molecular formula is C34H28ClN5O4S2. The molecule has 0 spiro atoms. The van der Waals surface area contributed by atoms with Crippen molar-refractivity contribution < 1.29 is 19.2 Å². The Hall–Kier alpha value is -4.89. The Bertz CT molecular complexity index is 1880. The van der Waals surface area contributed by atoms with Gasteiger partial charge in [-0.2, -0.15) is 5.26 Å². The molecule has 1 aliphatic rings. The molecule has 0 bridgehead atoms. The van der Waals surface area contributed by atoms with Crippen LogP contribution in [-0.4, -0.2) is 40.8 Å². The Morgan fingerprint density at radius 3 is 2.52 bits per heavy atom. The normalized spacial score (nSPS) is 12.5. The van der Waals surface area contributed by atoms with Crippen molar-refractivity contribution in [3.8, 4) is 6.07 Å². The number of rotatable bonds is 9. The number of hydrogen-bond donors (Lipinski definition) is 3. The van der Waals surface area contributed by atoms with Crippen molar-refractivity contribution in [3.05, 3.63) is 117 Å². The number of carbonyl (C=O) groups is 4. The van der Waals surface area contributed by atoms with Crippen molar-refractivity contribution in [1.29, 1.82) is 5.26 Å².